The quantitative estimate of drug-likeness (QED) is 0.641. The number of ether oxygens (including phenoxy) is 1. The number of carbonyl (C=O) groups excluding carboxylic acids is 1. The number of nitrogens with one attached hydrogen (secondary N) is 1. The summed E-state index contributed by atoms with van der Waals surface area (Å²) in [5.41, 5.74) is 2.99. The summed E-state index contributed by atoms with van der Waals surface area (Å²) in [5, 5.41) is 3.07. The fourth-order valence-corrected chi connectivity index (χ4v) is 3.99. The number of hydrogen-bond acceptors (Lipinski definition) is 7. The normalized spacial score (nSPS) is 16.5. The van der Waals surface area contributed by atoms with E-state index >= 15 is 0 Å². The van der Waals surface area contributed by atoms with Gasteiger partial charge in [-0.15, -0.1) is 0 Å². The van der Waals surface area contributed by atoms with Gasteiger partial charge in [-0.3, -0.25) is 4.79 Å². The minimum atomic E-state index is -0.0364. The summed E-state index contributed by atoms with van der Waals surface area (Å²) in [6, 6.07) is 16.0. The molecule has 1 amide bonds. The monoisotopic (exact) mass is 430 g/mol. The third-order valence-electron chi connectivity index (χ3n) is 5.91. The largest absolute Gasteiger partial charge is 0.378 e. The molecule has 2 saturated heterocycles. The SMILES string of the molecule is O=C(NCc1ccnc(N2CCOCC2)c1)C1CN(c2cc(-c3ccccc3)ncn2)C1. The van der Waals surface area contributed by atoms with Crippen LogP contribution in [0.5, 0.6) is 0 Å². The van der Waals surface area contributed by atoms with Gasteiger partial charge >= 0.3 is 0 Å². The van der Waals surface area contributed by atoms with E-state index in [-0.39, 0.29) is 11.8 Å². The molecule has 1 aromatic carbocycles. The highest BCUT2D eigenvalue weighted by Gasteiger charge is 2.33. The Kier molecular flexibility index (Phi) is 5.93. The predicted octanol–water partition coefficient (Wildman–Crippen LogP) is 2.13. The van der Waals surface area contributed by atoms with Crippen LogP contribution in [0.3, 0.4) is 0 Å². The molecule has 2 fully saturated rings. The molecule has 0 spiro atoms. The Morgan fingerprint density at radius 1 is 0.969 bits per heavy atom. The van der Waals surface area contributed by atoms with Gasteiger partial charge in [-0.2, -0.15) is 0 Å². The topological polar surface area (TPSA) is 83.5 Å². The van der Waals surface area contributed by atoms with E-state index in [1.54, 1.807) is 12.5 Å². The molecule has 2 aliphatic heterocycles. The van der Waals surface area contributed by atoms with Crippen LogP contribution in [-0.4, -0.2) is 60.3 Å². The van der Waals surface area contributed by atoms with Gasteiger partial charge in [0.15, 0.2) is 0 Å². The van der Waals surface area contributed by atoms with Crippen LogP contribution >= 0.6 is 0 Å². The number of amides is 1. The van der Waals surface area contributed by atoms with Crippen molar-refractivity contribution in [3.63, 3.8) is 0 Å². The Morgan fingerprint density at radius 2 is 1.75 bits per heavy atom. The smallest absolute Gasteiger partial charge is 0.226 e. The third kappa shape index (κ3) is 4.55. The molecule has 0 unspecified atom stereocenters. The lowest BCUT2D eigenvalue weighted by Gasteiger charge is -2.39. The first-order valence-electron chi connectivity index (χ1n) is 10.9. The molecule has 0 aliphatic carbocycles. The van der Waals surface area contributed by atoms with Crippen LogP contribution in [0.15, 0.2) is 61.1 Å². The summed E-state index contributed by atoms with van der Waals surface area (Å²) < 4.78 is 5.41. The number of pyridine rings is 1. The van der Waals surface area contributed by atoms with Crippen molar-refractivity contribution in [1.29, 1.82) is 0 Å². The summed E-state index contributed by atoms with van der Waals surface area (Å²) in [5.74, 6) is 1.83. The van der Waals surface area contributed by atoms with Crippen molar-refractivity contribution in [3.8, 4) is 11.3 Å². The van der Waals surface area contributed by atoms with Gasteiger partial charge in [0.25, 0.3) is 0 Å². The van der Waals surface area contributed by atoms with Gasteiger partial charge in [-0.1, -0.05) is 30.3 Å². The average Bonchev–Trinajstić information content (AvgIpc) is 2.83. The predicted molar refractivity (Wildman–Crippen MR) is 122 cm³/mol. The van der Waals surface area contributed by atoms with E-state index in [9.17, 15) is 4.79 Å². The minimum Gasteiger partial charge on any atom is -0.378 e. The summed E-state index contributed by atoms with van der Waals surface area (Å²) >= 11 is 0. The molecule has 1 N–H and O–H groups in total. The Balaban J connectivity index is 1.14. The summed E-state index contributed by atoms with van der Waals surface area (Å²) in [7, 11) is 0. The lowest BCUT2D eigenvalue weighted by molar-refractivity contribution is -0.125. The van der Waals surface area contributed by atoms with Crippen LogP contribution in [0.25, 0.3) is 11.3 Å². The number of nitrogens with zero attached hydrogens (tertiary/aromatic N) is 5. The molecule has 164 valence electrons. The van der Waals surface area contributed by atoms with E-state index in [1.807, 2.05) is 48.5 Å². The lowest BCUT2D eigenvalue weighted by Crippen LogP contribution is -2.54. The molecule has 0 bridgehead atoms. The van der Waals surface area contributed by atoms with E-state index in [4.69, 9.17) is 4.74 Å². The zero-order valence-electron chi connectivity index (χ0n) is 17.9. The highest BCUT2D eigenvalue weighted by Crippen LogP contribution is 2.26. The molecule has 3 aromatic rings. The first-order valence-corrected chi connectivity index (χ1v) is 10.9. The zero-order valence-corrected chi connectivity index (χ0v) is 17.9. The average molecular weight is 431 g/mol. The van der Waals surface area contributed by atoms with Gasteiger partial charge in [0.2, 0.25) is 5.91 Å². The van der Waals surface area contributed by atoms with Crippen LogP contribution in [-0.2, 0) is 16.1 Å². The standard InChI is InChI=1S/C24H26N6O2/c31-24(26-14-18-6-7-25-22(12-18)29-8-10-32-11-9-29)20-15-30(16-20)23-13-21(27-17-28-23)19-4-2-1-3-5-19/h1-7,12-13,17,20H,8-11,14-16H2,(H,26,31). The lowest BCUT2D eigenvalue weighted by atomic mass is 9.99. The molecule has 5 rings (SSSR count). The third-order valence-corrected chi connectivity index (χ3v) is 5.91. The van der Waals surface area contributed by atoms with E-state index in [2.05, 4.69) is 30.1 Å². The van der Waals surface area contributed by atoms with Crippen LogP contribution in [0.1, 0.15) is 5.56 Å². The van der Waals surface area contributed by atoms with Gasteiger partial charge in [0.05, 0.1) is 24.8 Å². The van der Waals surface area contributed by atoms with Crippen molar-refractivity contribution >= 4 is 17.5 Å². The number of benzene rings is 1. The molecule has 0 radical (unpaired) electrons. The number of anilines is 2. The first-order chi connectivity index (χ1) is 15.8. The van der Waals surface area contributed by atoms with E-state index in [0.29, 0.717) is 19.6 Å². The van der Waals surface area contributed by atoms with Crippen LogP contribution in [0.2, 0.25) is 0 Å². The molecule has 0 saturated carbocycles. The second-order valence-corrected chi connectivity index (χ2v) is 8.07. The second kappa shape index (κ2) is 9.32. The van der Waals surface area contributed by atoms with Crippen molar-refractivity contribution in [2.24, 2.45) is 5.92 Å². The maximum Gasteiger partial charge on any atom is 0.226 e. The van der Waals surface area contributed by atoms with Gasteiger partial charge in [0, 0.05) is 50.6 Å². The maximum absolute atomic E-state index is 12.6. The van der Waals surface area contributed by atoms with Crippen molar-refractivity contribution in [2.45, 2.75) is 6.54 Å². The molecule has 8 nitrogen and oxygen atoms in total. The molecule has 4 heterocycles. The van der Waals surface area contributed by atoms with Gasteiger partial charge in [-0.25, -0.2) is 15.0 Å². The van der Waals surface area contributed by atoms with Crippen molar-refractivity contribution in [2.75, 3.05) is 49.2 Å². The molecule has 2 aliphatic rings. The number of carbonyl (C=O) groups is 1. The Labute approximate surface area is 187 Å². The van der Waals surface area contributed by atoms with E-state index < -0.39 is 0 Å². The summed E-state index contributed by atoms with van der Waals surface area (Å²) in [4.78, 5) is 30.2. The Hall–Kier alpha value is -3.52. The van der Waals surface area contributed by atoms with Gasteiger partial charge in [-0.05, 0) is 17.7 Å². The molecule has 8 heteroatoms. The molecular weight excluding hydrogens is 404 g/mol. The van der Waals surface area contributed by atoms with Gasteiger partial charge in [0.1, 0.15) is 18.0 Å². The van der Waals surface area contributed by atoms with Crippen LogP contribution in [0, 0.1) is 5.92 Å². The highest BCUT2D eigenvalue weighted by molar-refractivity contribution is 5.82. The number of rotatable bonds is 6. The van der Waals surface area contributed by atoms with E-state index in [0.717, 1.165) is 54.8 Å². The van der Waals surface area contributed by atoms with Crippen LogP contribution in [0.4, 0.5) is 11.6 Å². The Bertz CT molecular complexity index is 1060. The molecule has 0 atom stereocenters. The second-order valence-electron chi connectivity index (χ2n) is 8.07. The number of aromatic nitrogens is 3. The fraction of sp³-hybridized carbons (Fsp3) is 0.333. The fourth-order valence-electron chi connectivity index (χ4n) is 3.99. The number of morpholine rings is 1. The first kappa shape index (κ1) is 20.4. The maximum atomic E-state index is 12.6. The Morgan fingerprint density at radius 3 is 2.56 bits per heavy atom. The highest BCUT2D eigenvalue weighted by atomic mass is 16.5. The van der Waals surface area contributed by atoms with Crippen molar-refractivity contribution in [3.05, 3.63) is 66.6 Å². The van der Waals surface area contributed by atoms with Crippen molar-refractivity contribution in [1.82, 2.24) is 20.3 Å². The minimum absolute atomic E-state index is 0.0364. The summed E-state index contributed by atoms with van der Waals surface area (Å²) in [6.07, 6.45) is 3.39. The van der Waals surface area contributed by atoms with E-state index in [1.165, 1.54) is 0 Å². The summed E-state index contributed by atoms with van der Waals surface area (Å²) in [6.45, 7) is 4.95. The zero-order chi connectivity index (χ0) is 21.8. The number of hydrogen-bond donors (Lipinski definition) is 1. The van der Waals surface area contributed by atoms with Gasteiger partial charge < -0.3 is 19.9 Å². The van der Waals surface area contributed by atoms with Crippen molar-refractivity contribution < 1.29 is 9.53 Å². The molecule has 2 aromatic heterocycles. The van der Waals surface area contributed by atoms with Crippen LogP contribution < -0.4 is 15.1 Å². The molecule has 32 heavy (non-hydrogen) atoms. The molecular formula is C24H26N6O2.